The zero-order valence-corrected chi connectivity index (χ0v) is 11.7. The second kappa shape index (κ2) is 6.37. The van der Waals surface area contributed by atoms with Gasteiger partial charge in [-0.05, 0) is 24.3 Å². The Bertz CT molecular complexity index is 695. The van der Waals surface area contributed by atoms with Crippen LogP contribution in [0.2, 0.25) is 0 Å². The Labute approximate surface area is 121 Å². The van der Waals surface area contributed by atoms with Crippen molar-refractivity contribution in [2.45, 2.75) is 4.90 Å². The van der Waals surface area contributed by atoms with Gasteiger partial charge in [0.1, 0.15) is 4.90 Å². The Morgan fingerprint density at radius 3 is 2.57 bits per heavy atom. The van der Waals surface area contributed by atoms with Crippen LogP contribution in [-0.4, -0.2) is 42.8 Å². The molecule has 21 heavy (non-hydrogen) atoms. The minimum absolute atomic E-state index is 0.0206. The molecule has 0 aliphatic carbocycles. The summed E-state index contributed by atoms with van der Waals surface area (Å²) < 4.78 is 26.3. The molecule has 0 fully saturated rings. The number of benzene rings is 1. The average Bonchev–Trinajstić information content (AvgIpc) is 3.00. The van der Waals surface area contributed by atoms with Crippen LogP contribution in [0.5, 0.6) is 0 Å². The fourth-order valence-corrected chi connectivity index (χ4v) is 2.52. The molecular weight excluding hydrogens is 296 g/mol. The van der Waals surface area contributed by atoms with Gasteiger partial charge in [-0.15, -0.1) is 0 Å². The summed E-state index contributed by atoms with van der Waals surface area (Å²) in [6, 6.07) is 5.93. The van der Waals surface area contributed by atoms with Crippen molar-refractivity contribution < 1.29 is 18.3 Å². The Morgan fingerprint density at radius 1 is 1.29 bits per heavy atom. The van der Waals surface area contributed by atoms with Gasteiger partial charge in [0.2, 0.25) is 0 Å². The van der Waals surface area contributed by atoms with Crippen LogP contribution >= 0.6 is 0 Å². The number of carbonyl (C=O) groups excluding carboxylic acids is 1. The third-order valence-corrected chi connectivity index (χ3v) is 3.93. The van der Waals surface area contributed by atoms with Crippen molar-refractivity contribution in [3.8, 4) is 0 Å². The van der Waals surface area contributed by atoms with Crippen LogP contribution in [0.25, 0.3) is 0 Å². The zero-order valence-electron chi connectivity index (χ0n) is 10.9. The van der Waals surface area contributed by atoms with Gasteiger partial charge in [-0.2, -0.15) is 5.10 Å². The van der Waals surface area contributed by atoms with Gasteiger partial charge in [-0.3, -0.25) is 14.6 Å². The molecule has 9 heteroatoms. The van der Waals surface area contributed by atoms with Crippen LogP contribution in [0.3, 0.4) is 0 Å². The number of aromatic nitrogens is 2. The maximum atomic E-state index is 11.9. The number of anilines is 1. The number of hydrogen-bond donors (Lipinski definition) is 4. The van der Waals surface area contributed by atoms with E-state index in [1.807, 2.05) is 0 Å². The molecule has 0 bridgehead atoms. The fourth-order valence-electron chi connectivity index (χ4n) is 1.56. The van der Waals surface area contributed by atoms with Crippen LogP contribution in [0.15, 0.2) is 41.6 Å². The molecule has 1 aromatic carbocycles. The normalized spacial score (nSPS) is 11.1. The monoisotopic (exact) mass is 310 g/mol. The number of rotatable bonds is 6. The van der Waals surface area contributed by atoms with E-state index in [0.29, 0.717) is 11.3 Å². The molecule has 1 heterocycles. The summed E-state index contributed by atoms with van der Waals surface area (Å²) in [5.74, 6) is -0.340. The van der Waals surface area contributed by atoms with Crippen LogP contribution < -0.4 is 10.0 Å². The van der Waals surface area contributed by atoms with E-state index in [1.54, 1.807) is 0 Å². The second-order valence-electron chi connectivity index (χ2n) is 4.10. The van der Waals surface area contributed by atoms with E-state index in [2.05, 4.69) is 20.2 Å². The molecule has 0 aliphatic rings. The summed E-state index contributed by atoms with van der Waals surface area (Å²) in [7, 11) is -3.69. The van der Waals surface area contributed by atoms with E-state index >= 15 is 0 Å². The molecule has 0 saturated heterocycles. The predicted octanol–water partition coefficient (Wildman–Crippen LogP) is -0.0674. The van der Waals surface area contributed by atoms with Crippen molar-refractivity contribution in [1.82, 2.24) is 15.5 Å². The smallest absolute Gasteiger partial charge is 0.265 e. The van der Waals surface area contributed by atoms with E-state index in [-0.39, 0.29) is 24.0 Å². The Balaban J connectivity index is 2.08. The third kappa shape index (κ3) is 3.80. The number of sulfonamides is 1. The lowest BCUT2D eigenvalue weighted by Gasteiger charge is -2.07. The number of aliphatic hydroxyl groups is 1. The Hall–Kier alpha value is -2.39. The van der Waals surface area contributed by atoms with Gasteiger partial charge in [0.15, 0.2) is 0 Å². The van der Waals surface area contributed by atoms with Gasteiger partial charge in [0.25, 0.3) is 15.9 Å². The van der Waals surface area contributed by atoms with Crippen molar-refractivity contribution in [2.24, 2.45) is 0 Å². The summed E-state index contributed by atoms with van der Waals surface area (Å²) >= 11 is 0. The minimum Gasteiger partial charge on any atom is -0.395 e. The third-order valence-electron chi connectivity index (χ3n) is 2.58. The lowest BCUT2D eigenvalue weighted by molar-refractivity contribution is 0.0945. The zero-order chi connectivity index (χ0) is 15.3. The second-order valence-corrected chi connectivity index (χ2v) is 5.78. The SMILES string of the molecule is O=C(NCCO)c1ccc(NS(=O)(=O)c2cn[nH]c2)cc1. The molecule has 0 spiro atoms. The number of amides is 1. The standard InChI is InChI=1S/C12H14N4O4S/c17-6-5-13-12(18)9-1-3-10(4-2-9)16-21(19,20)11-7-14-15-8-11/h1-4,7-8,16-17H,5-6H2,(H,13,18)(H,14,15). The highest BCUT2D eigenvalue weighted by Crippen LogP contribution is 2.15. The van der Waals surface area contributed by atoms with E-state index in [9.17, 15) is 13.2 Å². The highest BCUT2D eigenvalue weighted by molar-refractivity contribution is 7.92. The summed E-state index contributed by atoms with van der Waals surface area (Å²) in [5.41, 5.74) is 0.699. The fraction of sp³-hybridized carbons (Fsp3) is 0.167. The van der Waals surface area contributed by atoms with Gasteiger partial charge in [-0.1, -0.05) is 0 Å². The number of H-pyrrole nitrogens is 1. The molecule has 0 radical (unpaired) electrons. The molecule has 4 N–H and O–H groups in total. The number of hydrogen-bond acceptors (Lipinski definition) is 5. The molecule has 8 nitrogen and oxygen atoms in total. The quantitative estimate of drug-likeness (QED) is 0.594. The first-order chi connectivity index (χ1) is 10.0. The summed E-state index contributed by atoms with van der Waals surface area (Å²) in [6.07, 6.45) is 2.46. The first-order valence-electron chi connectivity index (χ1n) is 6.03. The van der Waals surface area contributed by atoms with Crippen molar-refractivity contribution >= 4 is 21.6 Å². The first-order valence-corrected chi connectivity index (χ1v) is 7.52. The van der Waals surface area contributed by atoms with Crippen LogP contribution in [0, 0.1) is 0 Å². The van der Waals surface area contributed by atoms with Crippen molar-refractivity contribution in [2.75, 3.05) is 17.9 Å². The molecule has 1 amide bonds. The summed E-state index contributed by atoms with van der Waals surface area (Å²) in [5, 5.41) is 17.1. The molecule has 2 rings (SSSR count). The van der Waals surface area contributed by atoms with Crippen LogP contribution in [0.4, 0.5) is 5.69 Å². The summed E-state index contributed by atoms with van der Waals surface area (Å²) in [4.78, 5) is 11.6. The molecule has 1 aromatic heterocycles. The number of aromatic amines is 1. The van der Waals surface area contributed by atoms with Crippen LogP contribution in [-0.2, 0) is 10.0 Å². The Morgan fingerprint density at radius 2 is 2.00 bits per heavy atom. The average molecular weight is 310 g/mol. The molecule has 0 atom stereocenters. The van der Waals surface area contributed by atoms with Gasteiger partial charge in [0, 0.05) is 24.0 Å². The first kappa shape index (κ1) is 15.0. The topological polar surface area (TPSA) is 124 Å². The number of carbonyl (C=O) groups is 1. The highest BCUT2D eigenvalue weighted by Gasteiger charge is 2.15. The van der Waals surface area contributed by atoms with Gasteiger partial charge >= 0.3 is 0 Å². The lowest BCUT2D eigenvalue weighted by Crippen LogP contribution is -2.26. The van der Waals surface area contributed by atoms with Crippen LogP contribution in [0.1, 0.15) is 10.4 Å². The predicted molar refractivity (Wildman–Crippen MR) is 75.3 cm³/mol. The van der Waals surface area contributed by atoms with E-state index < -0.39 is 10.0 Å². The number of aliphatic hydroxyl groups excluding tert-OH is 1. The van der Waals surface area contributed by atoms with Gasteiger partial charge in [-0.25, -0.2) is 8.42 Å². The number of nitrogens with one attached hydrogen (secondary N) is 3. The van der Waals surface area contributed by atoms with E-state index in [1.165, 1.54) is 36.7 Å². The molecule has 0 unspecified atom stereocenters. The maximum Gasteiger partial charge on any atom is 0.265 e. The van der Waals surface area contributed by atoms with Crippen molar-refractivity contribution in [1.29, 1.82) is 0 Å². The van der Waals surface area contributed by atoms with E-state index in [0.717, 1.165) is 0 Å². The van der Waals surface area contributed by atoms with Gasteiger partial charge in [0.05, 0.1) is 12.8 Å². The largest absolute Gasteiger partial charge is 0.395 e. The molecule has 0 saturated carbocycles. The van der Waals surface area contributed by atoms with E-state index in [4.69, 9.17) is 5.11 Å². The van der Waals surface area contributed by atoms with Gasteiger partial charge < -0.3 is 10.4 Å². The summed E-state index contributed by atoms with van der Waals surface area (Å²) in [6.45, 7) is 0.0159. The number of nitrogens with zero attached hydrogens (tertiary/aromatic N) is 1. The molecule has 112 valence electrons. The minimum atomic E-state index is -3.69. The molecule has 2 aromatic rings. The molecule has 0 aliphatic heterocycles. The molecular formula is C12H14N4O4S. The lowest BCUT2D eigenvalue weighted by atomic mass is 10.2. The maximum absolute atomic E-state index is 11.9. The van der Waals surface area contributed by atoms with Crippen molar-refractivity contribution in [3.05, 3.63) is 42.2 Å². The van der Waals surface area contributed by atoms with Crippen molar-refractivity contribution in [3.63, 3.8) is 0 Å². The highest BCUT2D eigenvalue weighted by atomic mass is 32.2. The Kier molecular flexibility index (Phi) is 4.55.